The number of methoxy groups -OCH3 is 1. The Labute approximate surface area is 149 Å². The lowest BCUT2D eigenvalue weighted by Crippen LogP contribution is -2.41. The largest absolute Gasteiger partial charge is 0.382 e. The van der Waals surface area contributed by atoms with Crippen molar-refractivity contribution in [3.63, 3.8) is 0 Å². The molecule has 0 radical (unpaired) electrons. The number of ketones is 1. The van der Waals surface area contributed by atoms with E-state index in [1.54, 1.807) is 14.0 Å². The molecule has 0 atom stereocenters. The first-order valence-electron chi connectivity index (χ1n) is 8.82. The van der Waals surface area contributed by atoms with E-state index in [1.807, 2.05) is 24.3 Å². The topological polar surface area (TPSA) is 67.9 Å². The Morgan fingerprint density at radius 3 is 2.40 bits per heavy atom. The minimum absolute atomic E-state index is 0.0618. The lowest BCUT2D eigenvalue weighted by molar-refractivity contribution is -0.125. The molecule has 0 aliphatic carbocycles. The van der Waals surface area contributed by atoms with Crippen molar-refractivity contribution in [3.05, 3.63) is 29.8 Å². The van der Waals surface area contributed by atoms with Crippen molar-refractivity contribution in [2.24, 2.45) is 5.92 Å². The van der Waals surface area contributed by atoms with Crippen LogP contribution in [0.5, 0.6) is 0 Å². The Morgan fingerprint density at radius 1 is 1.12 bits per heavy atom. The van der Waals surface area contributed by atoms with Gasteiger partial charge in [0.05, 0.1) is 19.8 Å². The van der Waals surface area contributed by atoms with Gasteiger partial charge < -0.3 is 19.7 Å². The third-order valence-electron chi connectivity index (χ3n) is 4.48. The van der Waals surface area contributed by atoms with Crippen molar-refractivity contribution in [2.75, 3.05) is 51.5 Å². The number of nitrogens with zero attached hydrogens (tertiary/aromatic N) is 1. The number of hydrogen-bond donors (Lipinski definition) is 1. The zero-order valence-corrected chi connectivity index (χ0v) is 15.1. The van der Waals surface area contributed by atoms with Gasteiger partial charge in [-0.15, -0.1) is 0 Å². The van der Waals surface area contributed by atoms with Crippen LogP contribution in [0.25, 0.3) is 0 Å². The van der Waals surface area contributed by atoms with Crippen LogP contribution in [-0.2, 0) is 14.3 Å². The number of carbonyl (C=O) groups excluding carboxylic acids is 2. The highest BCUT2D eigenvalue weighted by molar-refractivity contribution is 5.94. The fourth-order valence-electron chi connectivity index (χ4n) is 2.94. The van der Waals surface area contributed by atoms with E-state index < -0.39 is 0 Å². The minimum atomic E-state index is 0.0618. The Hall–Kier alpha value is -1.92. The molecule has 1 aromatic rings. The van der Waals surface area contributed by atoms with E-state index >= 15 is 0 Å². The second kappa shape index (κ2) is 10.2. The van der Waals surface area contributed by atoms with E-state index in [0.717, 1.165) is 37.2 Å². The molecule has 0 bridgehead atoms. The van der Waals surface area contributed by atoms with Gasteiger partial charge in [-0.25, -0.2) is 0 Å². The zero-order valence-electron chi connectivity index (χ0n) is 15.1. The Kier molecular flexibility index (Phi) is 7.88. The van der Waals surface area contributed by atoms with Crippen LogP contribution in [0.4, 0.5) is 5.69 Å². The summed E-state index contributed by atoms with van der Waals surface area (Å²) in [7, 11) is 1.63. The quantitative estimate of drug-likeness (QED) is 0.545. The summed E-state index contributed by atoms with van der Waals surface area (Å²) in [5.74, 6) is 0.252. The van der Waals surface area contributed by atoms with Crippen molar-refractivity contribution in [2.45, 2.75) is 19.8 Å². The Morgan fingerprint density at radius 2 is 1.80 bits per heavy atom. The lowest BCUT2D eigenvalue weighted by atomic mass is 9.95. The predicted molar refractivity (Wildman–Crippen MR) is 97.1 cm³/mol. The zero-order chi connectivity index (χ0) is 18.1. The molecule has 1 amide bonds. The first-order chi connectivity index (χ1) is 12.1. The summed E-state index contributed by atoms with van der Waals surface area (Å²) >= 11 is 0. The molecule has 0 spiro atoms. The van der Waals surface area contributed by atoms with Gasteiger partial charge in [-0.3, -0.25) is 9.59 Å². The third-order valence-corrected chi connectivity index (χ3v) is 4.48. The fraction of sp³-hybridized carbons (Fsp3) is 0.579. The van der Waals surface area contributed by atoms with Crippen LogP contribution in [0.1, 0.15) is 30.1 Å². The number of benzene rings is 1. The van der Waals surface area contributed by atoms with Gasteiger partial charge in [0.2, 0.25) is 5.91 Å². The first kappa shape index (κ1) is 19.4. The third kappa shape index (κ3) is 6.14. The molecule has 6 heteroatoms. The number of anilines is 1. The second-order valence-electron chi connectivity index (χ2n) is 6.26. The minimum Gasteiger partial charge on any atom is -0.382 e. The monoisotopic (exact) mass is 348 g/mol. The van der Waals surface area contributed by atoms with E-state index in [1.165, 1.54) is 0 Å². The highest BCUT2D eigenvalue weighted by Gasteiger charge is 2.24. The van der Waals surface area contributed by atoms with Gasteiger partial charge in [0.25, 0.3) is 0 Å². The van der Waals surface area contributed by atoms with Crippen molar-refractivity contribution >= 4 is 17.4 Å². The maximum Gasteiger partial charge on any atom is 0.223 e. The van der Waals surface area contributed by atoms with Crippen LogP contribution >= 0.6 is 0 Å². The molecule has 0 unspecified atom stereocenters. The SMILES string of the molecule is COCCOCCNC(=O)C1CCN(c2ccc(C(C)=O)cc2)CC1. The van der Waals surface area contributed by atoms with Gasteiger partial charge in [0.15, 0.2) is 5.78 Å². The molecule has 138 valence electrons. The Balaban J connectivity index is 1.70. The highest BCUT2D eigenvalue weighted by Crippen LogP contribution is 2.23. The van der Waals surface area contributed by atoms with Crippen molar-refractivity contribution in [1.82, 2.24) is 5.32 Å². The number of amides is 1. The van der Waals surface area contributed by atoms with Crippen LogP contribution < -0.4 is 10.2 Å². The molecule has 1 heterocycles. The fourth-order valence-corrected chi connectivity index (χ4v) is 2.94. The predicted octanol–water partition coefficient (Wildman–Crippen LogP) is 1.88. The number of piperidine rings is 1. The molecule has 1 N–H and O–H groups in total. The summed E-state index contributed by atoms with van der Waals surface area (Å²) in [5, 5.41) is 2.94. The maximum absolute atomic E-state index is 12.2. The van der Waals surface area contributed by atoms with E-state index in [-0.39, 0.29) is 17.6 Å². The average molecular weight is 348 g/mol. The Bertz CT molecular complexity index is 551. The standard InChI is InChI=1S/C19H28N2O4/c1-15(22)16-3-5-18(6-4-16)21-10-7-17(8-11-21)19(23)20-9-12-25-14-13-24-2/h3-6,17H,7-14H2,1-2H3,(H,20,23). The molecule has 25 heavy (non-hydrogen) atoms. The van der Waals surface area contributed by atoms with Gasteiger partial charge in [0, 0.05) is 43.9 Å². The molecule has 1 aromatic carbocycles. The van der Waals surface area contributed by atoms with Crippen molar-refractivity contribution in [1.29, 1.82) is 0 Å². The van der Waals surface area contributed by atoms with Crippen molar-refractivity contribution < 1.29 is 19.1 Å². The number of hydrogen-bond acceptors (Lipinski definition) is 5. The first-order valence-corrected chi connectivity index (χ1v) is 8.82. The normalized spacial score (nSPS) is 15.2. The summed E-state index contributed by atoms with van der Waals surface area (Å²) in [6.07, 6.45) is 1.68. The highest BCUT2D eigenvalue weighted by atomic mass is 16.5. The molecule has 1 fully saturated rings. The summed E-state index contributed by atoms with van der Waals surface area (Å²) in [5.41, 5.74) is 1.83. The molecule has 6 nitrogen and oxygen atoms in total. The second-order valence-corrected chi connectivity index (χ2v) is 6.26. The molecule has 2 rings (SSSR count). The van der Waals surface area contributed by atoms with E-state index in [2.05, 4.69) is 10.2 Å². The summed E-state index contributed by atoms with van der Waals surface area (Å²) in [6.45, 7) is 5.43. The molecular formula is C19H28N2O4. The van der Waals surface area contributed by atoms with E-state index in [0.29, 0.717) is 26.4 Å². The summed E-state index contributed by atoms with van der Waals surface area (Å²) in [6, 6.07) is 7.68. The smallest absolute Gasteiger partial charge is 0.223 e. The summed E-state index contributed by atoms with van der Waals surface area (Å²) in [4.78, 5) is 25.8. The number of rotatable bonds is 9. The van der Waals surface area contributed by atoms with Crippen LogP contribution in [0.15, 0.2) is 24.3 Å². The molecule has 1 aliphatic rings. The molecular weight excluding hydrogens is 320 g/mol. The van der Waals surface area contributed by atoms with Gasteiger partial charge in [-0.1, -0.05) is 0 Å². The average Bonchev–Trinajstić information content (AvgIpc) is 2.64. The number of nitrogens with one attached hydrogen (secondary N) is 1. The van der Waals surface area contributed by atoms with E-state index in [9.17, 15) is 9.59 Å². The van der Waals surface area contributed by atoms with Gasteiger partial charge in [-0.05, 0) is 44.0 Å². The summed E-state index contributed by atoms with van der Waals surface area (Å²) < 4.78 is 10.2. The number of carbonyl (C=O) groups is 2. The van der Waals surface area contributed by atoms with Crippen LogP contribution in [0, 0.1) is 5.92 Å². The molecule has 1 saturated heterocycles. The molecule has 0 saturated carbocycles. The lowest BCUT2D eigenvalue weighted by Gasteiger charge is -2.33. The van der Waals surface area contributed by atoms with E-state index in [4.69, 9.17) is 9.47 Å². The molecule has 0 aromatic heterocycles. The number of Topliss-reactive ketones (excluding diaryl/α,β-unsaturated/α-hetero) is 1. The van der Waals surface area contributed by atoms with Gasteiger partial charge >= 0.3 is 0 Å². The van der Waals surface area contributed by atoms with Crippen LogP contribution in [0.2, 0.25) is 0 Å². The number of ether oxygens (including phenoxy) is 2. The van der Waals surface area contributed by atoms with Gasteiger partial charge in [-0.2, -0.15) is 0 Å². The van der Waals surface area contributed by atoms with Gasteiger partial charge in [0.1, 0.15) is 0 Å². The van der Waals surface area contributed by atoms with Crippen molar-refractivity contribution in [3.8, 4) is 0 Å². The van der Waals surface area contributed by atoms with Crippen LogP contribution in [-0.4, -0.2) is 58.3 Å². The maximum atomic E-state index is 12.2. The molecule has 1 aliphatic heterocycles. The van der Waals surface area contributed by atoms with Crippen LogP contribution in [0.3, 0.4) is 0 Å².